The van der Waals surface area contributed by atoms with Crippen LogP contribution in [0.1, 0.15) is 13.8 Å². The van der Waals surface area contributed by atoms with Gasteiger partial charge in [0.05, 0.1) is 10.6 Å². The van der Waals surface area contributed by atoms with Crippen molar-refractivity contribution in [2.45, 2.75) is 18.7 Å². The van der Waals surface area contributed by atoms with Crippen molar-refractivity contribution < 1.29 is 13.2 Å². The van der Waals surface area contributed by atoms with Crippen molar-refractivity contribution in [3.05, 3.63) is 52.0 Å². The van der Waals surface area contributed by atoms with E-state index >= 15 is 0 Å². The van der Waals surface area contributed by atoms with Gasteiger partial charge < -0.3 is 0 Å². The number of allylic oxidation sites excluding steroid dienone is 4. The molecule has 20 heavy (non-hydrogen) atoms. The number of ketones is 1. The zero-order valence-corrected chi connectivity index (χ0v) is 13.3. The van der Waals surface area contributed by atoms with E-state index in [1.165, 1.54) is 24.3 Å². The zero-order valence-electron chi connectivity index (χ0n) is 10.9. The highest BCUT2D eigenvalue weighted by Gasteiger charge is 2.19. The van der Waals surface area contributed by atoms with Crippen molar-refractivity contribution in [3.8, 4) is 0 Å². The van der Waals surface area contributed by atoms with Gasteiger partial charge in [0.2, 0.25) is 0 Å². The van der Waals surface area contributed by atoms with E-state index in [1.807, 2.05) is 0 Å². The van der Waals surface area contributed by atoms with Crippen LogP contribution < -0.4 is 0 Å². The molecule has 2 rings (SSSR count). The van der Waals surface area contributed by atoms with E-state index < -0.39 is 10.0 Å². The van der Waals surface area contributed by atoms with Crippen LogP contribution in [0.4, 0.5) is 0 Å². The molecule has 1 aromatic rings. The SMILES string of the molecule is CC1=CC(=O)C=C(C)C1=NS(=O)(=O)c1ccc(Br)cc1. The van der Waals surface area contributed by atoms with E-state index in [1.54, 1.807) is 26.0 Å². The third kappa shape index (κ3) is 3.13. The van der Waals surface area contributed by atoms with Gasteiger partial charge in [-0.1, -0.05) is 15.9 Å². The second-order valence-corrected chi connectivity index (χ2v) is 6.95. The van der Waals surface area contributed by atoms with Gasteiger partial charge in [0.25, 0.3) is 10.0 Å². The molecule has 0 amide bonds. The number of benzene rings is 1. The molecule has 0 fully saturated rings. The second-order valence-electron chi connectivity index (χ2n) is 4.43. The van der Waals surface area contributed by atoms with E-state index in [4.69, 9.17) is 0 Å². The Balaban J connectivity index is 2.49. The normalized spacial score (nSPS) is 15.8. The largest absolute Gasteiger partial charge is 0.290 e. The molecule has 0 N–H and O–H groups in total. The van der Waals surface area contributed by atoms with Crippen molar-refractivity contribution in [3.63, 3.8) is 0 Å². The summed E-state index contributed by atoms with van der Waals surface area (Å²) in [5.41, 5.74) is 1.43. The molecule has 0 saturated heterocycles. The van der Waals surface area contributed by atoms with E-state index in [9.17, 15) is 13.2 Å². The Morgan fingerprint density at radius 1 is 1.00 bits per heavy atom. The molecular formula is C14H12BrNO3S. The number of carbonyl (C=O) groups excluding carboxylic acids is 1. The lowest BCUT2D eigenvalue weighted by molar-refractivity contribution is -0.110. The summed E-state index contributed by atoms with van der Waals surface area (Å²) in [7, 11) is -3.79. The molecule has 1 aliphatic carbocycles. The predicted molar refractivity (Wildman–Crippen MR) is 81.3 cm³/mol. The average Bonchev–Trinajstić information content (AvgIpc) is 2.34. The highest BCUT2D eigenvalue weighted by atomic mass is 79.9. The number of carbonyl (C=O) groups is 1. The van der Waals surface area contributed by atoms with Crippen LogP contribution in [0.25, 0.3) is 0 Å². The third-order valence-corrected chi connectivity index (χ3v) is 4.61. The Kier molecular flexibility index (Phi) is 4.06. The van der Waals surface area contributed by atoms with Crippen molar-refractivity contribution in [1.29, 1.82) is 0 Å². The molecule has 104 valence electrons. The van der Waals surface area contributed by atoms with Gasteiger partial charge in [-0.25, -0.2) is 0 Å². The van der Waals surface area contributed by atoms with E-state index in [-0.39, 0.29) is 10.7 Å². The van der Waals surface area contributed by atoms with Gasteiger partial charge in [0.15, 0.2) is 5.78 Å². The third-order valence-electron chi connectivity index (χ3n) is 2.79. The Bertz CT molecular complexity index is 732. The first-order valence-corrected chi connectivity index (χ1v) is 8.05. The van der Waals surface area contributed by atoms with Gasteiger partial charge in [0, 0.05) is 4.47 Å². The van der Waals surface area contributed by atoms with Crippen LogP contribution >= 0.6 is 15.9 Å². The highest BCUT2D eigenvalue weighted by molar-refractivity contribution is 9.10. The minimum absolute atomic E-state index is 0.116. The summed E-state index contributed by atoms with van der Waals surface area (Å²) >= 11 is 3.25. The Labute approximate surface area is 126 Å². The number of rotatable bonds is 2. The molecule has 6 heteroatoms. The molecule has 1 aliphatic rings. The monoisotopic (exact) mass is 353 g/mol. The zero-order chi connectivity index (χ0) is 14.9. The molecule has 0 saturated carbocycles. The minimum atomic E-state index is -3.79. The van der Waals surface area contributed by atoms with Gasteiger partial charge in [-0.3, -0.25) is 4.79 Å². The number of hydrogen-bond donors (Lipinski definition) is 0. The maximum Gasteiger partial charge on any atom is 0.282 e. The van der Waals surface area contributed by atoms with Gasteiger partial charge in [-0.05, 0) is 61.4 Å². The molecule has 4 nitrogen and oxygen atoms in total. The van der Waals surface area contributed by atoms with Crippen LogP contribution in [0, 0.1) is 0 Å². The van der Waals surface area contributed by atoms with Crippen molar-refractivity contribution in [2.75, 3.05) is 0 Å². The molecule has 0 unspecified atom stereocenters. The quantitative estimate of drug-likeness (QED) is 0.767. The van der Waals surface area contributed by atoms with Gasteiger partial charge in [0.1, 0.15) is 0 Å². The van der Waals surface area contributed by atoms with Crippen LogP contribution in [0.3, 0.4) is 0 Å². The lowest BCUT2D eigenvalue weighted by Crippen LogP contribution is -2.13. The van der Waals surface area contributed by atoms with E-state index in [0.29, 0.717) is 16.9 Å². The molecule has 0 aliphatic heterocycles. The van der Waals surface area contributed by atoms with Crippen LogP contribution in [-0.2, 0) is 14.8 Å². The van der Waals surface area contributed by atoms with Crippen LogP contribution in [0.5, 0.6) is 0 Å². The van der Waals surface area contributed by atoms with Crippen LogP contribution in [0.2, 0.25) is 0 Å². The first kappa shape index (κ1) is 14.9. The predicted octanol–water partition coefficient (Wildman–Crippen LogP) is 3.05. The molecule has 0 spiro atoms. The Morgan fingerprint density at radius 3 is 2.00 bits per heavy atom. The fourth-order valence-corrected chi connectivity index (χ4v) is 3.22. The smallest absolute Gasteiger partial charge is 0.282 e. The maximum absolute atomic E-state index is 12.2. The Hall–Kier alpha value is -1.53. The fraction of sp³-hybridized carbons (Fsp3) is 0.143. The summed E-state index contributed by atoms with van der Waals surface area (Å²) < 4.78 is 29.1. The number of nitrogens with zero attached hydrogens (tertiary/aromatic N) is 1. The summed E-state index contributed by atoms with van der Waals surface area (Å²) in [4.78, 5) is 11.5. The summed E-state index contributed by atoms with van der Waals surface area (Å²) in [6.07, 6.45) is 2.76. The summed E-state index contributed by atoms with van der Waals surface area (Å²) in [5, 5.41) is 0. The van der Waals surface area contributed by atoms with Crippen LogP contribution in [-0.4, -0.2) is 19.9 Å². The minimum Gasteiger partial charge on any atom is -0.290 e. The fourth-order valence-electron chi connectivity index (χ4n) is 1.84. The molecule has 0 radical (unpaired) electrons. The maximum atomic E-state index is 12.2. The molecule has 0 bridgehead atoms. The molecular weight excluding hydrogens is 342 g/mol. The lowest BCUT2D eigenvalue weighted by Gasteiger charge is -2.11. The van der Waals surface area contributed by atoms with Gasteiger partial charge in [-0.15, -0.1) is 0 Å². The number of hydrogen-bond acceptors (Lipinski definition) is 3. The number of sulfonamides is 1. The molecule has 0 heterocycles. The Morgan fingerprint density at radius 2 is 1.50 bits per heavy atom. The molecule has 1 aromatic carbocycles. The van der Waals surface area contributed by atoms with Crippen molar-refractivity contribution in [2.24, 2.45) is 4.40 Å². The van der Waals surface area contributed by atoms with Crippen LogP contribution in [0.15, 0.2) is 61.3 Å². The first-order valence-electron chi connectivity index (χ1n) is 5.81. The van der Waals surface area contributed by atoms with E-state index in [2.05, 4.69) is 20.3 Å². The summed E-state index contributed by atoms with van der Waals surface area (Å²) in [6.45, 7) is 3.34. The first-order chi connectivity index (χ1) is 9.29. The topological polar surface area (TPSA) is 63.6 Å². The highest BCUT2D eigenvalue weighted by Crippen LogP contribution is 2.20. The average molecular weight is 354 g/mol. The second kappa shape index (κ2) is 5.46. The lowest BCUT2D eigenvalue weighted by atomic mass is 9.98. The van der Waals surface area contributed by atoms with E-state index in [0.717, 1.165) is 4.47 Å². The summed E-state index contributed by atoms with van der Waals surface area (Å²) in [5.74, 6) is -0.153. The summed E-state index contributed by atoms with van der Waals surface area (Å²) in [6, 6.07) is 6.25. The standard InChI is InChI=1S/C14H12BrNO3S/c1-9-7-12(17)8-10(2)14(9)16-20(18,19)13-5-3-11(15)4-6-13/h3-8H,1-2H3. The van der Waals surface area contributed by atoms with Gasteiger partial charge >= 0.3 is 0 Å². The van der Waals surface area contributed by atoms with Gasteiger partial charge in [-0.2, -0.15) is 12.8 Å². The number of halogens is 1. The molecule has 0 atom stereocenters. The molecule has 0 aromatic heterocycles. The van der Waals surface area contributed by atoms with Crippen molar-refractivity contribution in [1.82, 2.24) is 0 Å². The van der Waals surface area contributed by atoms with Crippen molar-refractivity contribution >= 4 is 37.4 Å².